The summed E-state index contributed by atoms with van der Waals surface area (Å²) in [7, 11) is 0. The van der Waals surface area contributed by atoms with Gasteiger partial charge < -0.3 is 15.0 Å². The van der Waals surface area contributed by atoms with Crippen LogP contribution in [0.1, 0.15) is 36.6 Å². The predicted molar refractivity (Wildman–Crippen MR) is 117 cm³/mol. The third kappa shape index (κ3) is 5.42. The monoisotopic (exact) mass is 602 g/mol. The van der Waals surface area contributed by atoms with Crippen LogP contribution in [-0.2, 0) is 17.1 Å². The molecule has 0 bridgehead atoms. The average Bonchev–Trinajstić information content (AvgIpc) is 3.06. The van der Waals surface area contributed by atoms with Crippen LogP contribution in [0.25, 0.3) is 0 Å². The molecule has 1 aliphatic heterocycles. The number of likely N-dealkylation sites (N-methyl/N-ethyl adjacent to an activating group) is 1. The van der Waals surface area contributed by atoms with E-state index in [1.165, 1.54) is 4.90 Å². The van der Waals surface area contributed by atoms with E-state index in [-0.39, 0.29) is 11.8 Å². The van der Waals surface area contributed by atoms with Crippen LogP contribution in [0.5, 0.6) is 5.75 Å². The second-order valence-electron chi connectivity index (χ2n) is 7.27. The van der Waals surface area contributed by atoms with Crippen LogP contribution in [0.15, 0.2) is 39.3 Å². The minimum absolute atomic E-state index is 0.0516. The summed E-state index contributed by atoms with van der Waals surface area (Å²) in [5.41, 5.74) is -2.94. The minimum atomic E-state index is -5.00. The number of nitrogens with zero attached hydrogens (tertiary/aromatic N) is 1. The highest BCUT2D eigenvalue weighted by Gasteiger charge is 2.43. The van der Waals surface area contributed by atoms with Crippen molar-refractivity contribution in [1.82, 2.24) is 4.90 Å². The fraction of sp³-hybridized carbons (Fsp3) is 0.381. The molecule has 0 saturated heterocycles. The first kappa shape index (κ1) is 25.7. The first-order chi connectivity index (χ1) is 15.3. The van der Waals surface area contributed by atoms with Gasteiger partial charge in [0.25, 0.3) is 5.91 Å². The Bertz CT molecular complexity index is 1020. The summed E-state index contributed by atoms with van der Waals surface area (Å²) in [6.07, 6.45) is -11.2. The molecule has 0 aromatic heterocycles. The van der Waals surface area contributed by atoms with E-state index in [1.54, 1.807) is 26.0 Å². The Morgan fingerprint density at radius 1 is 0.970 bits per heavy atom. The number of carbonyl (C=O) groups excluding carboxylic acids is 1. The van der Waals surface area contributed by atoms with Crippen molar-refractivity contribution < 1.29 is 35.9 Å². The summed E-state index contributed by atoms with van der Waals surface area (Å²) in [6, 6.07) is 3.44. The largest absolute Gasteiger partial charge is 0.476 e. The Balaban J connectivity index is 2.11. The van der Waals surface area contributed by atoms with E-state index in [0.717, 1.165) is 0 Å². The molecule has 1 amide bonds. The average molecular weight is 604 g/mol. The number of ether oxygens (including phenoxy) is 1. The topological polar surface area (TPSA) is 41.6 Å². The summed E-state index contributed by atoms with van der Waals surface area (Å²) in [6.45, 7) is 4.21. The van der Waals surface area contributed by atoms with E-state index in [4.69, 9.17) is 4.74 Å². The summed E-state index contributed by atoms with van der Waals surface area (Å²) >= 11 is 6.64. The number of anilines is 1. The maximum absolute atomic E-state index is 13.3. The fourth-order valence-corrected chi connectivity index (χ4v) is 4.92. The highest BCUT2D eigenvalue weighted by molar-refractivity contribution is 9.11. The zero-order valence-electron chi connectivity index (χ0n) is 17.2. The lowest BCUT2D eigenvalue weighted by molar-refractivity contribution is -0.143. The van der Waals surface area contributed by atoms with Crippen molar-refractivity contribution in [2.75, 3.05) is 18.4 Å². The molecule has 12 heteroatoms. The van der Waals surface area contributed by atoms with E-state index in [0.29, 0.717) is 39.7 Å². The van der Waals surface area contributed by atoms with Gasteiger partial charge >= 0.3 is 12.4 Å². The van der Waals surface area contributed by atoms with Crippen LogP contribution in [0.4, 0.5) is 32.0 Å². The van der Waals surface area contributed by atoms with E-state index < -0.39 is 47.2 Å². The van der Waals surface area contributed by atoms with Gasteiger partial charge in [-0.3, -0.25) is 4.79 Å². The summed E-state index contributed by atoms with van der Waals surface area (Å²) in [5, 5.41) is 2.70. The van der Waals surface area contributed by atoms with E-state index in [1.807, 2.05) is 0 Å². The van der Waals surface area contributed by atoms with Crippen molar-refractivity contribution in [2.45, 2.75) is 38.3 Å². The number of nitrogens with one attached hydrogen (secondary N) is 1. The third-order valence-corrected chi connectivity index (χ3v) is 6.19. The second kappa shape index (κ2) is 9.36. The van der Waals surface area contributed by atoms with Gasteiger partial charge in [-0.05, 0) is 60.1 Å². The minimum Gasteiger partial charge on any atom is -0.476 e. The van der Waals surface area contributed by atoms with E-state index >= 15 is 0 Å². The van der Waals surface area contributed by atoms with Gasteiger partial charge in [0.2, 0.25) is 6.10 Å². The SMILES string of the molecule is CCN(CC)C(=O)[C@@H]1Oc2c(Br)cc(Br)cc2[C@H]1Nc1cc(C(F)(F)F)cc(C(F)(F)F)c1. The zero-order valence-corrected chi connectivity index (χ0v) is 20.4. The Morgan fingerprint density at radius 2 is 1.52 bits per heavy atom. The number of carbonyl (C=O) groups is 1. The van der Waals surface area contributed by atoms with Crippen molar-refractivity contribution in [1.29, 1.82) is 0 Å². The van der Waals surface area contributed by atoms with Crippen LogP contribution in [-0.4, -0.2) is 30.0 Å². The number of rotatable bonds is 5. The van der Waals surface area contributed by atoms with Gasteiger partial charge in [-0.25, -0.2) is 0 Å². The van der Waals surface area contributed by atoms with Crippen molar-refractivity contribution in [2.24, 2.45) is 0 Å². The van der Waals surface area contributed by atoms with Gasteiger partial charge in [-0.1, -0.05) is 15.9 Å². The summed E-state index contributed by atoms with van der Waals surface area (Å²) < 4.78 is 86.7. The van der Waals surface area contributed by atoms with Gasteiger partial charge in [0.1, 0.15) is 11.8 Å². The molecule has 1 aliphatic rings. The normalized spacial score (nSPS) is 18.0. The van der Waals surface area contributed by atoms with Gasteiger partial charge in [-0.15, -0.1) is 0 Å². The quantitative estimate of drug-likeness (QED) is 0.373. The molecule has 1 heterocycles. The van der Waals surface area contributed by atoms with Crippen LogP contribution < -0.4 is 10.1 Å². The van der Waals surface area contributed by atoms with Gasteiger partial charge in [0.15, 0.2) is 0 Å². The fourth-order valence-electron chi connectivity index (χ4n) is 3.57. The smallest absolute Gasteiger partial charge is 0.416 e. The van der Waals surface area contributed by atoms with Crippen LogP contribution in [0.3, 0.4) is 0 Å². The third-order valence-electron chi connectivity index (χ3n) is 5.15. The highest BCUT2D eigenvalue weighted by atomic mass is 79.9. The standard InChI is InChI=1S/C21H18Br2F6N2O2/c1-3-31(4-2)19(32)18-16(14-8-12(22)9-15(23)17(14)33-18)30-13-6-10(20(24,25)26)5-11(7-13)21(27,28)29/h5-9,16,18,30H,3-4H2,1-2H3/t16-,18-/m1/s1. The van der Waals surface area contributed by atoms with Crippen molar-refractivity contribution in [3.8, 4) is 5.75 Å². The predicted octanol–water partition coefficient (Wildman–Crippen LogP) is 7.03. The Hall–Kier alpha value is -1.95. The number of alkyl halides is 6. The summed E-state index contributed by atoms with van der Waals surface area (Å²) in [5.74, 6) is -0.163. The molecule has 4 nitrogen and oxygen atoms in total. The molecule has 3 rings (SSSR count). The van der Waals surface area contributed by atoms with Crippen LogP contribution in [0, 0.1) is 0 Å². The molecule has 2 aromatic rings. The number of benzene rings is 2. The first-order valence-electron chi connectivity index (χ1n) is 9.76. The number of halogens is 8. The molecule has 0 radical (unpaired) electrons. The molecule has 0 aliphatic carbocycles. The molecule has 33 heavy (non-hydrogen) atoms. The Kier molecular flexibility index (Phi) is 7.28. The van der Waals surface area contributed by atoms with Crippen molar-refractivity contribution in [3.05, 3.63) is 56.0 Å². The van der Waals surface area contributed by atoms with E-state index in [9.17, 15) is 31.1 Å². The van der Waals surface area contributed by atoms with Crippen molar-refractivity contribution >= 4 is 43.5 Å². The molecule has 0 spiro atoms. The molecule has 0 unspecified atom stereocenters. The Labute approximate surface area is 202 Å². The molecule has 2 aromatic carbocycles. The van der Waals surface area contributed by atoms with E-state index in [2.05, 4.69) is 37.2 Å². The van der Waals surface area contributed by atoms with Crippen molar-refractivity contribution in [3.63, 3.8) is 0 Å². The molecular weight excluding hydrogens is 586 g/mol. The first-order valence-corrected chi connectivity index (χ1v) is 11.3. The number of amides is 1. The lowest BCUT2D eigenvalue weighted by Crippen LogP contribution is -2.44. The lowest BCUT2D eigenvalue weighted by Gasteiger charge is -2.27. The molecular formula is C21H18Br2F6N2O2. The molecule has 1 N–H and O–H groups in total. The summed E-state index contributed by atoms with van der Waals surface area (Å²) in [4.78, 5) is 14.6. The van der Waals surface area contributed by atoms with Gasteiger partial charge in [0.05, 0.1) is 15.6 Å². The maximum atomic E-state index is 13.3. The molecule has 180 valence electrons. The second-order valence-corrected chi connectivity index (χ2v) is 9.04. The van der Waals surface area contributed by atoms with Crippen LogP contribution >= 0.6 is 31.9 Å². The Morgan fingerprint density at radius 3 is 2.00 bits per heavy atom. The molecule has 2 atom stereocenters. The molecule has 0 fully saturated rings. The highest BCUT2D eigenvalue weighted by Crippen LogP contribution is 2.46. The number of hydrogen-bond donors (Lipinski definition) is 1. The zero-order chi connectivity index (χ0) is 24.7. The molecule has 0 saturated carbocycles. The number of fused-ring (bicyclic) bond motifs is 1. The number of hydrogen-bond acceptors (Lipinski definition) is 3. The van der Waals surface area contributed by atoms with Gasteiger partial charge in [0, 0.05) is 28.8 Å². The lowest BCUT2D eigenvalue weighted by atomic mass is 10.0. The maximum Gasteiger partial charge on any atom is 0.416 e. The van der Waals surface area contributed by atoms with Gasteiger partial charge in [-0.2, -0.15) is 26.3 Å². The van der Waals surface area contributed by atoms with Crippen LogP contribution in [0.2, 0.25) is 0 Å².